The fourth-order valence-corrected chi connectivity index (χ4v) is 4.33. The molecule has 2 aromatic carbocycles. The lowest BCUT2D eigenvalue weighted by molar-refractivity contribution is -0.146. The van der Waals surface area contributed by atoms with E-state index < -0.39 is 5.72 Å². The Morgan fingerprint density at radius 3 is 2.49 bits per heavy atom. The highest BCUT2D eigenvalue weighted by Crippen LogP contribution is 2.36. The van der Waals surface area contributed by atoms with E-state index in [0.29, 0.717) is 17.0 Å². The summed E-state index contributed by atoms with van der Waals surface area (Å²) in [6.45, 7) is 3.21. The summed E-state index contributed by atoms with van der Waals surface area (Å²) in [6.07, 6.45) is 1.64. The summed E-state index contributed by atoms with van der Waals surface area (Å²) in [5.74, 6) is 0.636. The number of methoxy groups -OCH3 is 1. The van der Waals surface area contributed by atoms with E-state index in [1.807, 2.05) is 60.7 Å². The third-order valence-electron chi connectivity index (χ3n) is 6.08. The van der Waals surface area contributed by atoms with Gasteiger partial charge in [-0.1, -0.05) is 30.3 Å². The second-order valence-electron chi connectivity index (χ2n) is 8.37. The van der Waals surface area contributed by atoms with Crippen molar-refractivity contribution in [3.05, 3.63) is 94.9 Å². The van der Waals surface area contributed by atoms with Gasteiger partial charge in [0.1, 0.15) is 17.9 Å². The maximum Gasteiger partial charge on any atom is 0.260 e. The van der Waals surface area contributed by atoms with Crippen molar-refractivity contribution in [2.75, 3.05) is 7.11 Å². The molecule has 2 aromatic heterocycles. The quantitative estimate of drug-likeness (QED) is 0.440. The third kappa shape index (κ3) is 3.93. The van der Waals surface area contributed by atoms with E-state index in [0.717, 1.165) is 16.5 Å². The van der Waals surface area contributed by atoms with Crippen LogP contribution in [0.2, 0.25) is 0 Å². The molecule has 1 amide bonds. The van der Waals surface area contributed by atoms with Crippen LogP contribution < -0.4 is 10.3 Å². The lowest BCUT2D eigenvalue weighted by Crippen LogP contribution is -2.41. The van der Waals surface area contributed by atoms with Crippen molar-refractivity contribution in [1.29, 1.82) is 0 Å². The number of carbonyl (C=O) groups excluding carboxylic acids is 1. The van der Waals surface area contributed by atoms with E-state index in [2.05, 4.69) is 10.1 Å². The van der Waals surface area contributed by atoms with Crippen LogP contribution in [0, 0.1) is 0 Å². The van der Waals surface area contributed by atoms with Crippen molar-refractivity contribution in [2.45, 2.75) is 26.1 Å². The van der Waals surface area contributed by atoms with Crippen LogP contribution in [0.1, 0.15) is 19.4 Å². The highest BCUT2D eigenvalue weighted by molar-refractivity contribution is 5.86. The van der Waals surface area contributed by atoms with Crippen LogP contribution in [0.3, 0.4) is 0 Å². The van der Waals surface area contributed by atoms with Crippen LogP contribution in [0.5, 0.6) is 5.75 Å². The van der Waals surface area contributed by atoms with Crippen molar-refractivity contribution in [3.63, 3.8) is 0 Å². The molecule has 1 atom stereocenters. The van der Waals surface area contributed by atoms with Crippen molar-refractivity contribution in [3.8, 4) is 16.9 Å². The van der Waals surface area contributed by atoms with Gasteiger partial charge < -0.3 is 9.47 Å². The molecule has 1 aliphatic heterocycles. The molecule has 1 aliphatic rings. The van der Waals surface area contributed by atoms with Gasteiger partial charge in [0.05, 0.1) is 7.11 Å². The monoisotopic (exact) mass is 468 g/mol. The molecule has 4 aromatic rings. The minimum absolute atomic E-state index is 0.0164. The second-order valence-corrected chi connectivity index (χ2v) is 8.37. The molecule has 0 aliphatic carbocycles. The Hall–Kier alpha value is -4.46. The van der Waals surface area contributed by atoms with Crippen LogP contribution in [0.4, 0.5) is 0 Å². The largest absolute Gasteiger partial charge is 0.497 e. The smallest absolute Gasteiger partial charge is 0.260 e. The molecule has 0 fully saturated rings. The molecule has 0 spiro atoms. The summed E-state index contributed by atoms with van der Waals surface area (Å²) in [5, 5.41) is 6.57. The van der Waals surface area contributed by atoms with Gasteiger partial charge in [0.2, 0.25) is 17.5 Å². The zero-order chi connectivity index (χ0) is 24.6. The molecule has 176 valence electrons. The molecular weight excluding hydrogens is 444 g/mol. The van der Waals surface area contributed by atoms with Crippen molar-refractivity contribution >= 4 is 22.8 Å². The number of ether oxygens (including phenoxy) is 2. The average Bonchev–Trinajstić information content (AvgIpc) is 3.23. The number of benzene rings is 2. The van der Waals surface area contributed by atoms with Crippen LogP contribution in [-0.4, -0.2) is 33.5 Å². The molecule has 0 saturated carbocycles. The maximum absolute atomic E-state index is 13.6. The van der Waals surface area contributed by atoms with E-state index >= 15 is 0 Å². The summed E-state index contributed by atoms with van der Waals surface area (Å²) in [7, 11) is 1.59. The first-order valence-corrected chi connectivity index (χ1v) is 11.2. The first-order chi connectivity index (χ1) is 16.9. The molecule has 35 heavy (non-hydrogen) atoms. The van der Waals surface area contributed by atoms with Crippen LogP contribution in [-0.2, 0) is 21.8 Å². The summed E-state index contributed by atoms with van der Waals surface area (Å²) in [5.41, 5.74) is 1.19. The average molecular weight is 469 g/mol. The predicted molar refractivity (Wildman–Crippen MR) is 133 cm³/mol. The van der Waals surface area contributed by atoms with Crippen molar-refractivity contribution in [1.82, 2.24) is 14.6 Å². The van der Waals surface area contributed by atoms with E-state index in [1.54, 1.807) is 32.4 Å². The number of hydrogen-bond donors (Lipinski definition) is 0. The number of amides is 1. The number of hydrogen-bond acceptors (Lipinski definition) is 6. The minimum Gasteiger partial charge on any atom is -0.497 e. The molecule has 8 nitrogen and oxygen atoms in total. The zero-order valence-corrected chi connectivity index (χ0v) is 19.6. The molecule has 5 rings (SSSR count). The zero-order valence-electron chi connectivity index (χ0n) is 19.6. The van der Waals surface area contributed by atoms with Gasteiger partial charge in [0.15, 0.2) is 0 Å². The molecule has 0 radical (unpaired) electrons. The number of nitrogens with zero attached hydrogens (tertiary/aromatic N) is 4. The number of rotatable bonds is 5. The fraction of sp³-hybridized carbons (Fsp3) is 0.185. The SMILES string of the molecule is COc1ccc(C2(C)OC(Cn3c(=O)c(-c4ccccc4)cc4cccnc43)=NN2C(C)=O)cc1. The van der Waals surface area contributed by atoms with Gasteiger partial charge in [-0.05, 0) is 48.0 Å². The highest BCUT2D eigenvalue weighted by Gasteiger charge is 2.44. The van der Waals surface area contributed by atoms with Crippen LogP contribution >= 0.6 is 0 Å². The Balaban J connectivity index is 1.58. The van der Waals surface area contributed by atoms with Crippen molar-refractivity contribution < 1.29 is 14.3 Å². The standard InChI is InChI=1S/C27H24N4O4/c1-18(32)31-27(2,21-11-13-22(34-3)14-12-21)35-24(29-31)17-30-25-20(10-7-15-28-25)16-23(26(30)33)19-8-5-4-6-9-19/h4-16H,17H2,1-3H3. The highest BCUT2D eigenvalue weighted by atomic mass is 16.6. The van der Waals surface area contributed by atoms with Crippen LogP contribution in [0.15, 0.2) is 88.9 Å². The first kappa shape index (κ1) is 22.3. The number of fused-ring (bicyclic) bond motifs is 1. The fourth-order valence-electron chi connectivity index (χ4n) is 4.33. The molecule has 0 N–H and O–H groups in total. The summed E-state index contributed by atoms with van der Waals surface area (Å²) in [4.78, 5) is 30.6. The Morgan fingerprint density at radius 2 is 1.80 bits per heavy atom. The molecule has 8 heteroatoms. The van der Waals surface area contributed by atoms with Gasteiger partial charge in [-0.25, -0.2) is 4.98 Å². The molecule has 1 unspecified atom stereocenters. The van der Waals surface area contributed by atoms with Gasteiger partial charge >= 0.3 is 0 Å². The Kier molecular flexibility index (Phi) is 5.56. The number of carbonyl (C=O) groups is 1. The van der Waals surface area contributed by atoms with E-state index in [-0.39, 0.29) is 23.9 Å². The van der Waals surface area contributed by atoms with Gasteiger partial charge in [0, 0.05) is 36.6 Å². The summed E-state index contributed by atoms with van der Waals surface area (Å²) >= 11 is 0. The van der Waals surface area contributed by atoms with E-state index in [9.17, 15) is 9.59 Å². The van der Waals surface area contributed by atoms with Crippen LogP contribution in [0.25, 0.3) is 22.2 Å². The Morgan fingerprint density at radius 1 is 1.06 bits per heavy atom. The topological polar surface area (TPSA) is 86.0 Å². The molecule has 0 bridgehead atoms. The molecular formula is C27H24N4O4. The van der Waals surface area contributed by atoms with Gasteiger partial charge in [0.25, 0.3) is 5.56 Å². The Labute approximate surface area is 202 Å². The molecule has 0 saturated heterocycles. The predicted octanol–water partition coefficient (Wildman–Crippen LogP) is 4.14. The number of pyridine rings is 2. The Bertz CT molecular complexity index is 1500. The maximum atomic E-state index is 13.6. The van der Waals surface area contributed by atoms with Gasteiger partial charge in [-0.3, -0.25) is 14.2 Å². The lowest BCUT2D eigenvalue weighted by Gasteiger charge is -2.31. The summed E-state index contributed by atoms with van der Waals surface area (Å²) in [6, 6.07) is 22.3. The minimum atomic E-state index is -1.17. The van der Waals surface area contributed by atoms with Gasteiger partial charge in [-0.2, -0.15) is 5.01 Å². The van der Waals surface area contributed by atoms with Gasteiger partial charge in [-0.15, -0.1) is 5.10 Å². The lowest BCUT2D eigenvalue weighted by atomic mass is 10.0. The van der Waals surface area contributed by atoms with Crippen molar-refractivity contribution in [2.24, 2.45) is 5.10 Å². The molecule has 3 heterocycles. The summed E-state index contributed by atoms with van der Waals surface area (Å²) < 4.78 is 13.0. The van der Waals surface area contributed by atoms with E-state index in [1.165, 1.54) is 16.5 Å². The first-order valence-electron chi connectivity index (χ1n) is 11.2. The van der Waals surface area contributed by atoms with E-state index in [4.69, 9.17) is 9.47 Å². The second kappa shape index (κ2) is 8.72. The number of aromatic nitrogens is 2. The third-order valence-corrected chi connectivity index (χ3v) is 6.08. The normalized spacial score (nSPS) is 17.2. The number of hydrazone groups is 1.